The molecule has 1 atom stereocenters. The van der Waals surface area contributed by atoms with E-state index in [0.29, 0.717) is 38.9 Å². The zero-order valence-electron chi connectivity index (χ0n) is 16.8. The van der Waals surface area contributed by atoms with Crippen LogP contribution < -0.4 is 0 Å². The van der Waals surface area contributed by atoms with E-state index in [0.717, 1.165) is 23.4 Å². The summed E-state index contributed by atoms with van der Waals surface area (Å²) in [6.45, 7) is 7.70. The number of carbonyl (C=O) groups excluding carboxylic acids is 2. The van der Waals surface area contributed by atoms with Crippen LogP contribution in [-0.2, 0) is 21.5 Å². The molecule has 0 aromatic carbocycles. The van der Waals surface area contributed by atoms with Crippen LogP contribution in [0.4, 0.5) is 0 Å². The maximum Gasteiger partial charge on any atom is 0.247 e. The number of nitrogens with zero attached hydrogens (tertiary/aromatic N) is 5. The van der Waals surface area contributed by atoms with Crippen molar-refractivity contribution in [1.82, 2.24) is 29.5 Å². The van der Waals surface area contributed by atoms with Crippen molar-refractivity contribution in [3.05, 3.63) is 35.7 Å². The van der Waals surface area contributed by atoms with Crippen molar-refractivity contribution in [2.45, 2.75) is 58.0 Å². The number of imidazole rings is 1. The lowest BCUT2D eigenvalue weighted by atomic mass is 9.78. The van der Waals surface area contributed by atoms with Gasteiger partial charge in [-0.05, 0) is 32.3 Å². The molecular weight excluding hydrogens is 356 g/mol. The molecule has 4 rings (SSSR count). The molecule has 0 radical (unpaired) electrons. The van der Waals surface area contributed by atoms with Gasteiger partial charge in [0.25, 0.3) is 0 Å². The number of H-pyrrole nitrogens is 1. The molecule has 2 aromatic rings. The molecule has 1 saturated heterocycles. The van der Waals surface area contributed by atoms with Gasteiger partial charge in [-0.2, -0.15) is 5.10 Å². The summed E-state index contributed by atoms with van der Waals surface area (Å²) in [5.41, 5.74) is 2.76. The van der Waals surface area contributed by atoms with Crippen LogP contribution in [0.3, 0.4) is 0 Å². The maximum absolute atomic E-state index is 13.0. The van der Waals surface area contributed by atoms with E-state index in [1.54, 1.807) is 17.2 Å². The minimum absolute atomic E-state index is 0.0735. The van der Waals surface area contributed by atoms with Crippen LogP contribution in [0.2, 0.25) is 0 Å². The number of aromatic amines is 1. The maximum atomic E-state index is 13.0. The van der Waals surface area contributed by atoms with Gasteiger partial charge in [-0.15, -0.1) is 0 Å². The van der Waals surface area contributed by atoms with Crippen molar-refractivity contribution >= 4 is 11.8 Å². The highest BCUT2D eigenvalue weighted by molar-refractivity contribution is 5.80. The van der Waals surface area contributed by atoms with Crippen LogP contribution >= 0.6 is 0 Å². The number of amides is 2. The first-order valence-corrected chi connectivity index (χ1v) is 10.1. The second-order valence-corrected chi connectivity index (χ2v) is 7.91. The molecule has 2 amide bonds. The molecule has 4 heterocycles. The number of hydrogen-bond donors (Lipinski definition) is 1. The normalized spacial score (nSPS) is 19.5. The Bertz CT molecular complexity index is 877. The molecule has 8 heteroatoms. The Hall–Kier alpha value is -2.64. The largest absolute Gasteiger partial charge is 0.348 e. The number of likely N-dealkylation sites (tertiary alicyclic amines) is 1. The van der Waals surface area contributed by atoms with Crippen LogP contribution in [0.5, 0.6) is 0 Å². The van der Waals surface area contributed by atoms with Gasteiger partial charge in [-0.25, -0.2) is 4.98 Å². The van der Waals surface area contributed by atoms with Crippen molar-refractivity contribution in [3.63, 3.8) is 0 Å². The molecule has 0 saturated carbocycles. The third-order valence-corrected chi connectivity index (χ3v) is 6.25. The van der Waals surface area contributed by atoms with Crippen molar-refractivity contribution in [1.29, 1.82) is 0 Å². The topological polar surface area (TPSA) is 87.1 Å². The zero-order chi connectivity index (χ0) is 19.9. The van der Waals surface area contributed by atoms with Gasteiger partial charge in [0.15, 0.2) is 0 Å². The first-order chi connectivity index (χ1) is 13.5. The lowest BCUT2D eigenvalue weighted by Crippen LogP contribution is -2.59. The molecule has 0 unspecified atom stereocenters. The summed E-state index contributed by atoms with van der Waals surface area (Å²) < 4.78 is 1.72. The van der Waals surface area contributed by atoms with Gasteiger partial charge in [0.2, 0.25) is 11.8 Å². The highest BCUT2D eigenvalue weighted by atomic mass is 16.2. The van der Waals surface area contributed by atoms with Crippen molar-refractivity contribution < 1.29 is 9.59 Å². The molecule has 8 nitrogen and oxygen atoms in total. The van der Waals surface area contributed by atoms with Gasteiger partial charge in [0.05, 0.1) is 23.8 Å². The highest BCUT2D eigenvalue weighted by Gasteiger charge is 2.49. The van der Waals surface area contributed by atoms with E-state index in [4.69, 9.17) is 0 Å². The summed E-state index contributed by atoms with van der Waals surface area (Å²) >= 11 is 0. The Balaban J connectivity index is 1.54. The first-order valence-electron chi connectivity index (χ1n) is 10.1. The summed E-state index contributed by atoms with van der Waals surface area (Å²) in [4.78, 5) is 37.4. The smallest absolute Gasteiger partial charge is 0.247 e. The van der Waals surface area contributed by atoms with Crippen molar-refractivity contribution in [3.8, 4) is 0 Å². The number of hydrogen-bond acceptors (Lipinski definition) is 4. The molecule has 150 valence electrons. The van der Waals surface area contributed by atoms with E-state index in [2.05, 4.69) is 15.1 Å². The van der Waals surface area contributed by atoms with Gasteiger partial charge < -0.3 is 14.8 Å². The fourth-order valence-corrected chi connectivity index (χ4v) is 4.66. The number of carbonyl (C=O) groups is 2. The quantitative estimate of drug-likeness (QED) is 0.874. The van der Waals surface area contributed by atoms with Crippen LogP contribution in [0, 0.1) is 6.92 Å². The van der Waals surface area contributed by atoms with Crippen LogP contribution in [0.25, 0.3) is 0 Å². The minimum Gasteiger partial charge on any atom is -0.348 e. The molecule has 1 N–H and O–H groups in total. The first kappa shape index (κ1) is 18.7. The highest BCUT2D eigenvalue weighted by Crippen LogP contribution is 2.42. The number of aryl methyl sites for hydroxylation is 1. The number of piperidine rings is 1. The second kappa shape index (κ2) is 7.07. The van der Waals surface area contributed by atoms with E-state index in [9.17, 15) is 9.59 Å². The Morgan fingerprint density at radius 1 is 1.29 bits per heavy atom. The molecule has 0 bridgehead atoms. The average Bonchev–Trinajstić information content (AvgIpc) is 3.37. The number of rotatable bonds is 3. The van der Waals surface area contributed by atoms with Crippen molar-refractivity contribution in [2.75, 3.05) is 19.6 Å². The van der Waals surface area contributed by atoms with Crippen LogP contribution in [0.15, 0.2) is 18.7 Å². The predicted octanol–water partition coefficient (Wildman–Crippen LogP) is 1.79. The predicted molar refractivity (Wildman–Crippen MR) is 103 cm³/mol. The van der Waals surface area contributed by atoms with Gasteiger partial charge >= 0.3 is 0 Å². The Kier molecular flexibility index (Phi) is 4.72. The molecule has 1 spiro atoms. The summed E-state index contributed by atoms with van der Waals surface area (Å²) in [6, 6.07) is -0.330. The molecule has 28 heavy (non-hydrogen) atoms. The summed E-state index contributed by atoms with van der Waals surface area (Å²) in [5, 5.41) is 4.29. The average molecular weight is 384 g/mol. The van der Waals surface area contributed by atoms with E-state index in [1.165, 1.54) is 0 Å². The van der Waals surface area contributed by atoms with E-state index < -0.39 is 5.54 Å². The SMILES string of the molecule is CCC(=O)N1CCc2[nH]cnc2C12CCN(C(=O)[C@H](C)n1cc(C)cn1)CC2. The molecular formula is C20H28N6O2. The third kappa shape index (κ3) is 2.91. The molecule has 2 aliphatic heterocycles. The van der Waals surface area contributed by atoms with Crippen LogP contribution in [0.1, 0.15) is 56.1 Å². The molecule has 2 aliphatic rings. The monoisotopic (exact) mass is 384 g/mol. The number of fused-ring (bicyclic) bond motifs is 2. The zero-order valence-corrected chi connectivity index (χ0v) is 16.8. The number of nitrogens with one attached hydrogen (secondary N) is 1. The second-order valence-electron chi connectivity index (χ2n) is 7.91. The fraction of sp³-hybridized carbons (Fsp3) is 0.600. The third-order valence-electron chi connectivity index (χ3n) is 6.25. The molecule has 0 aliphatic carbocycles. The fourth-order valence-electron chi connectivity index (χ4n) is 4.66. The van der Waals surface area contributed by atoms with E-state index in [1.807, 2.05) is 36.8 Å². The lowest BCUT2D eigenvalue weighted by molar-refractivity contribution is -0.145. The molecule has 1 fully saturated rings. The minimum atomic E-state index is -0.400. The van der Waals surface area contributed by atoms with Gasteiger partial charge in [0, 0.05) is 44.4 Å². The summed E-state index contributed by atoms with van der Waals surface area (Å²) in [7, 11) is 0. The van der Waals surface area contributed by atoms with Gasteiger partial charge in [-0.1, -0.05) is 6.92 Å². The Morgan fingerprint density at radius 2 is 2.04 bits per heavy atom. The summed E-state index contributed by atoms with van der Waals surface area (Å²) in [6.07, 6.45) is 8.12. The van der Waals surface area contributed by atoms with Crippen molar-refractivity contribution in [2.24, 2.45) is 0 Å². The van der Waals surface area contributed by atoms with E-state index >= 15 is 0 Å². The van der Waals surface area contributed by atoms with Gasteiger partial charge in [0.1, 0.15) is 6.04 Å². The lowest BCUT2D eigenvalue weighted by Gasteiger charge is -2.50. The van der Waals surface area contributed by atoms with Gasteiger partial charge in [-0.3, -0.25) is 14.3 Å². The molecule has 2 aromatic heterocycles. The number of aromatic nitrogens is 4. The summed E-state index contributed by atoms with van der Waals surface area (Å²) in [5.74, 6) is 0.234. The van der Waals surface area contributed by atoms with E-state index in [-0.39, 0.29) is 17.9 Å². The Morgan fingerprint density at radius 3 is 2.68 bits per heavy atom. The Labute approximate surface area is 164 Å². The standard InChI is InChI=1S/C20H28N6O2/c1-4-17(27)25-8-5-16-18(22-13-21-16)20(25)6-9-24(10-7-20)19(28)15(3)26-12-14(2)11-23-26/h11-13,15H,4-10H2,1-3H3,(H,21,22)/t15-/m0/s1. The van der Waals surface area contributed by atoms with Crippen LogP contribution in [-0.4, -0.2) is 61.0 Å².